The zero-order chi connectivity index (χ0) is 20.1. The summed E-state index contributed by atoms with van der Waals surface area (Å²) in [5.74, 6) is -3.79. The topological polar surface area (TPSA) is 92.3 Å². The average molecular weight is 396 g/mol. The molecule has 1 aromatic carbocycles. The summed E-state index contributed by atoms with van der Waals surface area (Å²) in [5, 5.41) is 4.54. The Hall–Kier alpha value is -3.11. The van der Waals surface area contributed by atoms with Gasteiger partial charge in [-0.3, -0.25) is 0 Å². The van der Waals surface area contributed by atoms with Gasteiger partial charge in [0.25, 0.3) is 0 Å². The summed E-state index contributed by atoms with van der Waals surface area (Å²) in [6.07, 6.45) is 3.21. The molecule has 1 aliphatic heterocycles. The summed E-state index contributed by atoms with van der Waals surface area (Å²) >= 11 is 0. The van der Waals surface area contributed by atoms with Crippen LogP contribution in [0.4, 0.5) is 29.6 Å². The van der Waals surface area contributed by atoms with Gasteiger partial charge in [-0.05, 0) is 31.4 Å². The molecule has 0 spiro atoms. The minimum atomic E-state index is -1.66. The van der Waals surface area contributed by atoms with E-state index < -0.39 is 29.2 Å². The van der Waals surface area contributed by atoms with Gasteiger partial charge < -0.3 is 20.3 Å². The molecule has 2 N–H and O–H groups in total. The van der Waals surface area contributed by atoms with E-state index >= 15 is 0 Å². The van der Waals surface area contributed by atoms with Crippen molar-refractivity contribution in [3.8, 4) is 6.01 Å². The molecular weight excluding hydrogens is 377 g/mol. The fourth-order valence-electron chi connectivity index (χ4n) is 2.74. The number of rotatable bonds is 5. The summed E-state index contributed by atoms with van der Waals surface area (Å²) in [4.78, 5) is 26.6. The van der Waals surface area contributed by atoms with E-state index in [1.807, 2.05) is 4.90 Å². The minimum absolute atomic E-state index is 0.100. The number of carbonyl (C=O) groups excluding carboxylic acids is 1. The fourth-order valence-corrected chi connectivity index (χ4v) is 2.74. The third-order valence-electron chi connectivity index (χ3n) is 4.16. The maximum atomic E-state index is 13.6. The Morgan fingerprint density at radius 3 is 2.57 bits per heavy atom. The highest BCUT2D eigenvalue weighted by atomic mass is 19.2. The first-order valence-electron chi connectivity index (χ1n) is 8.70. The van der Waals surface area contributed by atoms with E-state index in [2.05, 4.69) is 25.6 Å². The number of anilines is 2. The summed E-state index contributed by atoms with van der Waals surface area (Å²) in [5.41, 5.74) is -0.487. The molecule has 1 saturated heterocycles. The van der Waals surface area contributed by atoms with E-state index in [4.69, 9.17) is 4.74 Å². The van der Waals surface area contributed by atoms with Gasteiger partial charge in [-0.25, -0.2) is 18.0 Å². The predicted octanol–water partition coefficient (Wildman–Crippen LogP) is 2.61. The molecule has 1 aliphatic rings. The number of benzene rings is 1. The smallest absolute Gasteiger partial charge is 0.321 e. The van der Waals surface area contributed by atoms with Crippen molar-refractivity contribution in [3.05, 3.63) is 35.4 Å². The van der Waals surface area contributed by atoms with Crippen molar-refractivity contribution in [2.75, 3.05) is 30.4 Å². The van der Waals surface area contributed by atoms with Crippen LogP contribution in [0.1, 0.15) is 25.1 Å². The van der Waals surface area contributed by atoms with E-state index in [0.717, 1.165) is 44.5 Å². The van der Waals surface area contributed by atoms with Gasteiger partial charge in [0.1, 0.15) is 0 Å². The number of piperidine rings is 1. The van der Waals surface area contributed by atoms with Crippen molar-refractivity contribution in [2.45, 2.75) is 25.8 Å². The Balaban J connectivity index is 1.66. The zero-order valence-electron chi connectivity index (χ0n) is 15.1. The normalized spacial score (nSPS) is 13.9. The Morgan fingerprint density at radius 2 is 1.86 bits per heavy atom. The van der Waals surface area contributed by atoms with Crippen LogP contribution in [0.3, 0.4) is 0 Å². The van der Waals surface area contributed by atoms with Gasteiger partial charge >= 0.3 is 12.0 Å². The lowest BCUT2D eigenvalue weighted by molar-refractivity contribution is 0.251. The van der Waals surface area contributed by atoms with Crippen molar-refractivity contribution >= 4 is 17.7 Å². The third kappa shape index (κ3) is 4.59. The number of hydrogen-bond acceptors (Lipinski definition) is 6. The Kier molecular flexibility index (Phi) is 6.12. The monoisotopic (exact) mass is 396 g/mol. The highest BCUT2D eigenvalue weighted by Gasteiger charge is 2.18. The van der Waals surface area contributed by atoms with E-state index in [-0.39, 0.29) is 18.4 Å². The van der Waals surface area contributed by atoms with Crippen LogP contribution in [0.5, 0.6) is 6.01 Å². The lowest BCUT2D eigenvalue weighted by Gasteiger charge is -2.26. The standard InChI is InChI=1S/C17H19F3N6O2/c1-28-17-24-12(23-15(25-17)26-7-3-2-4-8-26)9-21-16(27)22-11-6-5-10(18)13(19)14(11)20/h5-6H,2-4,7-9H2,1H3,(H2,21,22,27). The predicted molar refractivity (Wildman–Crippen MR) is 94.6 cm³/mol. The molecule has 1 fully saturated rings. The van der Waals surface area contributed by atoms with Crippen LogP contribution >= 0.6 is 0 Å². The number of nitrogens with zero attached hydrogens (tertiary/aromatic N) is 4. The lowest BCUT2D eigenvalue weighted by atomic mass is 10.1. The van der Waals surface area contributed by atoms with Crippen molar-refractivity contribution in [1.29, 1.82) is 0 Å². The van der Waals surface area contributed by atoms with Crippen LogP contribution in [-0.4, -0.2) is 41.2 Å². The second kappa shape index (κ2) is 8.72. The molecule has 11 heteroatoms. The summed E-state index contributed by atoms with van der Waals surface area (Å²) in [6, 6.07) is 0.923. The molecule has 2 aromatic rings. The third-order valence-corrected chi connectivity index (χ3v) is 4.16. The fraction of sp³-hybridized carbons (Fsp3) is 0.412. The van der Waals surface area contributed by atoms with Crippen molar-refractivity contribution in [1.82, 2.24) is 20.3 Å². The number of halogens is 3. The quantitative estimate of drug-likeness (QED) is 0.755. The molecule has 1 aromatic heterocycles. The van der Waals surface area contributed by atoms with Gasteiger partial charge in [0, 0.05) is 13.1 Å². The van der Waals surface area contributed by atoms with E-state index in [9.17, 15) is 18.0 Å². The molecule has 0 saturated carbocycles. The van der Waals surface area contributed by atoms with Gasteiger partial charge in [-0.1, -0.05) is 0 Å². The Morgan fingerprint density at radius 1 is 1.11 bits per heavy atom. The number of amides is 2. The van der Waals surface area contributed by atoms with Crippen LogP contribution in [0.2, 0.25) is 0 Å². The Bertz CT molecular complexity index is 861. The van der Waals surface area contributed by atoms with Crippen LogP contribution in [0.15, 0.2) is 12.1 Å². The molecule has 0 atom stereocenters. The molecule has 0 bridgehead atoms. The van der Waals surface area contributed by atoms with Crippen LogP contribution in [0, 0.1) is 17.5 Å². The first kappa shape index (κ1) is 19.6. The van der Waals surface area contributed by atoms with Gasteiger partial charge in [-0.2, -0.15) is 15.0 Å². The van der Waals surface area contributed by atoms with Crippen molar-refractivity contribution in [3.63, 3.8) is 0 Å². The molecule has 0 radical (unpaired) electrons. The molecule has 150 valence electrons. The molecule has 8 nitrogen and oxygen atoms in total. The summed E-state index contributed by atoms with van der Waals surface area (Å²) in [6.45, 7) is 1.53. The van der Waals surface area contributed by atoms with Gasteiger partial charge in [-0.15, -0.1) is 0 Å². The number of nitrogens with one attached hydrogen (secondary N) is 2. The number of urea groups is 1. The molecule has 0 aliphatic carbocycles. The van der Waals surface area contributed by atoms with E-state index in [1.165, 1.54) is 7.11 Å². The molecule has 2 heterocycles. The van der Waals surface area contributed by atoms with Crippen LogP contribution < -0.4 is 20.3 Å². The van der Waals surface area contributed by atoms with Crippen molar-refractivity contribution in [2.24, 2.45) is 0 Å². The summed E-state index contributed by atoms with van der Waals surface area (Å²) in [7, 11) is 1.42. The zero-order valence-corrected chi connectivity index (χ0v) is 15.1. The molecule has 3 rings (SSSR count). The first-order valence-corrected chi connectivity index (χ1v) is 8.70. The van der Waals surface area contributed by atoms with Gasteiger partial charge in [0.2, 0.25) is 5.95 Å². The highest BCUT2D eigenvalue weighted by molar-refractivity contribution is 5.89. The maximum Gasteiger partial charge on any atom is 0.321 e. The molecule has 28 heavy (non-hydrogen) atoms. The maximum absolute atomic E-state index is 13.6. The second-order valence-corrected chi connectivity index (χ2v) is 6.12. The highest BCUT2D eigenvalue weighted by Crippen LogP contribution is 2.20. The first-order chi connectivity index (χ1) is 13.5. The molecule has 2 amide bonds. The Labute approximate surface area is 159 Å². The number of hydrogen-bond donors (Lipinski definition) is 2. The van der Waals surface area contributed by atoms with Crippen LogP contribution in [0.25, 0.3) is 0 Å². The second-order valence-electron chi connectivity index (χ2n) is 6.12. The SMILES string of the molecule is COc1nc(CNC(=O)Nc2ccc(F)c(F)c2F)nc(N2CCCCC2)n1. The minimum Gasteiger partial charge on any atom is -0.467 e. The number of carbonyl (C=O) groups is 1. The molecular formula is C17H19F3N6O2. The number of ether oxygens (including phenoxy) is 1. The molecule has 0 unspecified atom stereocenters. The van der Waals surface area contributed by atoms with Gasteiger partial charge in [0.15, 0.2) is 23.3 Å². The van der Waals surface area contributed by atoms with E-state index in [0.29, 0.717) is 5.95 Å². The summed E-state index contributed by atoms with van der Waals surface area (Å²) < 4.78 is 44.9. The average Bonchev–Trinajstić information content (AvgIpc) is 2.73. The largest absolute Gasteiger partial charge is 0.467 e. The number of methoxy groups -OCH3 is 1. The number of aromatic nitrogens is 3. The van der Waals surface area contributed by atoms with Gasteiger partial charge in [0.05, 0.1) is 19.3 Å². The van der Waals surface area contributed by atoms with Crippen molar-refractivity contribution < 1.29 is 22.7 Å². The lowest BCUT2D eigenvalue weighted by Crippen LogP contribution is -2.33. The van der Waals surface area contributed by atoms with Crippen LogP contribution in [-0.2, 0) is 6.54 Å². The van der Waals surface area contributed by atoms with E-state index in [1.54, 1.807) is 0 Å².